The van der Waals surface area contributed by atoms with Crippen LogP contribution in [-0.2, 0) is 9.59 Å². The lowest BCUT2D eigenvalue weighted by molar-refractivity contribution is -0.228. The van der Waals surface area contributed by atoms with Crippen molar-refractivity contribution in [2.24, 2.45) is 5.41 Å². The second kappa shape index (κ2) is 4.02. The van der Waals surface area contributed by atoms with Crippen molar-refractivity contribution in [3.63, 3.8) is 0 Å². The average Bonchev–Trinajstić information content (AvgIpc) is 2.59. The Labute approximate surface area is 96.2 Å². The molecule has 1 rings (SSSR count). The zero-order valence-corrected chi connectivity index (χ0v) is 8.60. The molecule has 0 radical (unpaired) electrons. The predicted octanol–water partition coefficient (Wildman–Crippen LogP) is 1.41. The van der Waals surface area contributed by atoms with Crippen LogP contribution < -0.4 is 0 Å². The molecule has 0 aliphatic carbocycles. The molecule has 1 saturated heterocycles. The Kier molecular flexibility index (Phi) is 3.26. The zero-order chi connectivity index (χ0) is 14.4. The molecule has 0 aromatic rings. The summed E-state index contributed by atoms with van der Waals surface area (Å²) in [5.41, 5.74) is -3.33. The van der Waals surface area contributed by atoms with Crippen LogP contribution >= 0.6 is 0 Å². The van der Waals surface area contributed by atoms with Gasteiger partial charge in [0.05, 0.1) is 0 Å². The van der Waals surface area contributed by atoms with Crippen molar-refractivity contribution in [3.8, 4) is 0 Å². The molecule has 1 unspecified atom stereocenters. The number of nitrogens with zero attached hydrogens (tertiary/aromatic N) is 1. The molecular formula is C8H7F6NO3. The monoisotopic (exact) mass is 279 g/mol. The summed E-state index contributed by atoms with van der Waals surface area (Å²) in [7, 11) is 0. The fourth-order valence-electron chi connectivity index (χ4n) is 1.69. The SMILES string of the molecule is O=C(N1CCC(C(=O)O)(C(F)(F)F)C1)C(F)(F)F. The highest BCUT2D eigenvalue weighted by Crippen LogP contribution is 2.46. The Morgan fingerprint density at radius 1 is 1.11 bits per heavy atom. The molecule has 1 heterocycles. The topological polar surface area (TPSA) is 57.6 Å². The van der Waals surface area contributed by atoms with E-state index in [2.05, 4.69) is 0 Å². The molecule has 1 N–H and O–H groups in total. The first-order valence-corrected chi connectivity index (χ1v) is 4.58. The quantitative estimate of drug-likeness (QED) is 0.738. The summed E-state index contributed by atoms with van der Waals surface area (Å²) in [5.74, 6) is -4.75. The lowest BCUT2D eigenvalue weighted by Crippen LogP contribution is -2.49. The largest absolute Gasteiger partial charge is 0.481 e. The molecule has 0 aromatic heterocycles. The lowest BCUT2D eigenvalue weighted by atomic mass is 9.86. The van der Waals surface area contributed by atoms with E-state index in [1.807, 2.05) is 0 Å². The number of hydrogen-bond acceptors (Lipinski definition) is 2. The van der Waals surface area contributed by atoms with Crippen LogP contribution in [-0.4, -0.2) is 47.3 Å². The van der Waals surface area contributed by atoms with E-state index in [1.54, 1.807) is 0 Å². The number of carbonyl (C=O) groups is 2. The minimum Gasteiger partial charge on any atom is -0.481 e. The Bertz CT molecular complexity index is 376. The number of aliphatic carboxylic acids is 1. The first kappa shape index (κ1) is 14.6. The average molecular weight is 279 g/mol. The highest BCUT2D eigenvalue weighted by Gasteiger charge is 2.65. The van der Waals surface area contributed by atoms with E-state index in [-0.39, 0.29) is 4.90 Å². The summed E-state index contributed by atoms with van der Waals surface area (Å²) in [6.45, 7) is -2.42. The Morgan fingerprint density at radius 3 is 1.89 bits per heavy atom. The maximum Gasteiger partial charge on any atom is 0.471 e. The van der Waals surface area contributed by atoms with E-state index >= 15 is 0 Å². The summed E-state index contributed by atoms with van der Waals surface area (Å²) in [5, 5.41) is 8.56. The number of carbonyl (C=O) groups excluding carboxylic acids is 1. The van der Waals surface area contributed by atoms with Gasteiger partial charge in [-0.3, -0.25) is 9.59 Å². The third-order valence-electron chi connectivity index (χ3n) is 2.75. The Balaban J connectivity index is 2.99. The van der Waals surface area contributed by atoms with Gasteiger partial charge in [-0.25, -0.2) is 0 Å². The predicted molar refractivity (Wildman–Crippen MR) is 43.4 cm³/mol. The van der Waals surface area contributed by atoms with Gasteiger partial charge in [0.2, 0.25) is 0 Å². The van der Waals surface area contributed by atoms with Crippen LogP contribution in [0.15, 0.2) is 0 Å². The van der Waals surface area contributed by atoms with Crippen LogP contribution in [0, 0.1) is 5.41 Å². The second-order valence-electron chi connectivity index (χ2n) is 3.86. The lowest BCUT2D eigenvalue weighted by Gasteiger charge is -2.27. The second-order valence-corrected chi connectivity index (χ2v) is 3.86. The van der Waals surface area contributed by atoms with E-state index in [0.717, 1.165) is 0 Å². The highest BCUT2D eigenvalue weighted by atomic mass is 19.4. The van der Waals surface area contributed by atoms with Crippen molar-refractivity contribution in [2.45, 2.75) is 18.8 Å². The number of alkyl halides is 6. The fraction of sp³-hybridized carbons (Fsp3) is 0.750. The summed E-state index contributed by atoms with van der Waals surface area (Å²) in [6.07, 6.45) is -11.6. The molecule has 1 aliphatic heterocycles. The third kappa shape index (κ3) is 2.23. The summed E-state index contributed by atoms with van der Waals surface area (Å²) < 4.78 is 73.9. The molecule has 18 heavy (non-hydrogen) atoms. The van der Waals surface area contributed by atoms with E-state index < -0.39 is 49.2 Å². The van der Waals surface area contributed by atoms with E-state index in [0.29, 0.717) is 0 Å². The Hall–Kier alpha value is -1.48. The first-order valence-electron chi connectivity index (χ1n) is 4.58. The van der Waals surface area contributed by atoms with Gasteiger partial charge in [0.15, 0.2) is 5.41 Å². The number of rotatable bonds is 1. The highest BCUT2D eigenvalue weighted by molar-refractivity contribution is 5.84. The van der Waals surface area contributed by atoms with Crippen LogP contribution in [0.2, 0.25) is 0 Å². The van der Waals surface area contributed by atoms with Crippen molar-refractivity contribution in [3.05, 3.63) is 0 Å². The first-order chi connectivity index (χ1) is 7.92. The number of halogens is 6. The van der Waals surface area contributed by atoms with Gasteiger partial charge >= 0.3 is 24.2 Å². The standard InChI is InChI=1S/C8H7F6NO3/c9-7(10,11)4(16)15-2-1-6(3-15,5(17)18)8(12,13)14/h1-3H2,(H,17,18). The van der Waals surface area contributed by atoms with Crippen molar-refractivity contribution >= 4 is 11.9 Å². The van der Waals surface area contributed by atoms with Crippen LogP contribution in [0.5, 0.6) is 0 Å². The number of likely N-dealkylation sites (tertiary alicyclic amines) is 1. The number of carboxylic acids is 1. The van der Waals surface area contributed by atoms with Crippen molar-refractivity contribution < 1.29 is 41.0 Å². The van der Waals surface area contributed by atoms with Gasteiger partial charge in [-0.2, -0.15) is 26.3 Å². The number of hydrogen-bond donors (Lipinski definition) is 1. The van der Waals surface area contributed by atoms with E-state index in [4.69, 9.17) is 5.11 Å². The summed E-state index contributed by atoms with van der Waals surface area (Å²) in [6, 6.07) is 0. The molecule has 1 amide bonds. The molecule has 4 nitrogen and oxygen atoms in total. The maximum absolute atomic E-state index is 12.6. The molecular weight excluding hydrogens is 272 g/mol. The molecule has 10 heteroatoms. The molecule has 0 spiro atoms. The van der Waals surface area contributed by atoms with Gasteiger partial charge < -0.3 is 10.0 Å². The van der Waals surface area contributed by atoms with Gasteiger partial charge in [-0.05, 0) is 6.42 Å². The van der Waals surface area contributed by atoms with E-state index in [1.165, 1.54) is 0 Å². The van der Waals surface area contributed by atoms with Crippen molar-refractivity contribution in [1.29, 1.82) is 0 Å². The molecule has 0 saturated carbocycles. The normalized spacial score (nSPS) is 25.3. The molecule has 1 fully saturated rings. The van der Waals surface area contributed by atoms with Crippen LogP contribution in [0.4, 0.5) is 26.3 Å². The van der Waals surface area contributed by atoms with Crippen LogP contribution in [0.1, 0.15) is 6.42 Å². The third-order valence-corrected chi connectivity index (χ3v) is 2.75. The van der Waals surface area contributed by atoms with Crippen molar-refractivity contribution in [1.82, 2.24) is 4.90 Å². The fourth-order valence-corrected chi connectivity index (χ4v) is 1.69. The van der Waals surface area contributed by atoms with Crippen LogP contribution in [0.25, 0.3) is 0 Å². The molecule has 1 atom stereocenters. The Morgan fingerprint density at radius 2 is 1.61 bits per heavy atom. The van der Waals surface area contributed by atoms with Gasteiger partial charge in [0.25, 0.3) is 0 Å². The summed E-state index contributed by atoms with van der Waals surface area (Å²) in [4.78, 5) is 21.3. The van der Waals surface area contributed by atoms with Gasteiger partial charge in [-0.15, -0.1) is 0 Å². The molecule has 0 aromatic carbocycles. The van der Waals surface area contributed by atoms with E-state index in [9.17, 15) is 35.9 Å². The molecule has 1 aliphatic rings. The smallest absolute Gasteiger partial charge is 0.471 e. The van der Waals surface area contributed by atoms with Gasteiger partial charge in [-0.1, -0.05) is 0 Å². The van der Waals surface area contributed by atoms with Gasteiger partial charge in [0, 0.05) is 13.1 Å². The zero-order valence-electron chi connectivity index (χ0n) is 8.60. The summed E-state index contributed by atoms with van der Waals surface area (Å²) >= 11 is 0. The number of carboxylic acid groups (broad SMARTS) is 1. The number of amides is 1. The maximum atomic E-state index is 12.6. The van der Waals surface area contributed by atoms with Gasteiger partial charge in [0.1, 0.15) is 0 Å². The minimum atomic E-state index is -5.32. The minimum absolute atomic E-state index is 0.137. The molecule has 0 bridgehead atoms. The molecule has 104 valence electrons. The van der Waals surface area contributed by atoms with Crippen molar-refractivity contribution in [2.75, 3.05) is 13.1 Å². The van der Waals surface area contributed by atoms with Crippen LogP contribution in [0.3, 0.4) is 0 Å².